The maximum atomic E-state index is 12.0. The maximum absolute atomic E-state index is 12.0. The normalized spacial score (nSPS) is 18.4. The van der Waals surface area contributed by atoms with Crippen LogP contribution in [0.15, 0.2) is 24.3 Å². The van der Waals surface area contributed by atoms with Gasteiger partial charge in [-0.15, -0.1) is 0 Å². The summed E-state index contributed by atoms with van der Waals surface area (Å²) in [5.41, 5.74) is 1.10. The summed E-state index contributed by atoms with van der Waals surface area (Å²) < 4.78 is 0. The largest absolute Gasteiger partial charge is 0.352 e. The van der Waals surface area contributed by atoms with Crippen LogP contribution in [0.5, 0.6) is 0 Å². The Balaban J connectivity index is 2.07. The van der Waals surface area contributed by atoms with E-state index in [4.69, 9.17) is 0 Å². The fourth-order valence-electron chi connectivity index (χ4n) is 2.37. The van der Waals surface area contributed by atoms with Crippen molar-refractivity contribution in [2.24, 2.45) is 0 Å². The molecule has 2 N–H and O–H groups in total. The number of carbonyl (C=O) groups is 2. The third-order valence-electron chi connectivity index (χ3n) is 3.56. The van der Waals surface area contributed by atoms with Crippen molar-refractivity contribution in [1.29, 1.82) is 0 Å². The fourth-order valence-corrected chi connectivity index (χ4v) is 2.37. The number of nitrogens with one attached hydrogen (secondary N) is 2. The van der Waals surface area contributed by atoms with Crippen molar-refractivity contribution < 1.29 is 9.59 Å². The lowest BCUT2D eigenvalue weighted by Crippen LogP contribution is -2.26. The van der Waals surface area contributed by atoms with E-state index in [-0.39, 0.29) is 11.8 Å². The number of hydrogen-bond acceptors (Lipinski definition) is 2. The second-order valence-electron chi connectivity index (χ2n) is 5.21. The second kappa shape index (κ2) is 7.68. The van der Waals surface area contributed by atoms with Crippen molar-refractivity contribution in [2.45, 2.75) is 38.5 Å². The highest BCUT2D eigenvalue weighted by Crippen LogP contribution is 2.08. The third kappa shape index (κ3) is 4.37. The Morgan fingerprint density at radius 1 is 0.700 bits per heavy atom. The van der Waals surface area contributed by atoms with Crippen molar-refractivity contribution in [3.05, 3.63) is 35.4 Å². The van der Waals surface area contributed by atoms with Crippen LogP contribution in [0.2, 0.25) is 0 Å². The zero-order valence-electron chi connectivity index (χ0n) is 11.8. The van der Waals surface area contributed by atoms with E-state index in [9.17, 15) is 9.59 Å². The highest BCUT2D eigenvalue weighted by Gasteiger charge is 2.10. The van der Waals surface area contributed by atoms with Crippen molar-refractivity contribution in [1.82, 2.24) is 10.6 Å². The Kier molecular flexibility index (Phi) is 5.59. The second-order valence-corrected chi connectivity index (χ2v) is 5.21. The molecule has 0 aliphatic carbocycles. The Morgan fingerprint density at radius 3 is 1.65 bits per heavy atom. The van der Waals surface area contributed by atoms with Crippen molar-refractivity contribution in [2.75, 3.05) is 13.1 Å². The van der Waals surface area contributed by atoms with E-state index in [1.165, 1.54) is 12.8 Å². The van der Waals surface area contributed by atoms with Crippen LogP contribution in [0, 0.1) is 0 Å². The molecular formula is C16H22N2O2. The molecule has 1 aromatic rings. The highest BCUT2D eigenvalue weighted by molar-refractivity contribution is 5.99. The standard InChI is InChI=1S/C16H22N2O2/c19-15-13-8-7-9-14(12-13)16(20)18-11-6-4-2-1-3-5-10-17-15/h7-9,12H,1-6,10-11H2,(H,17,19)(H,18,20). The van der Waals surface area contributed by atoms with E-state index >= 15 is 0 Å². The first kappa shape index (κ1) is 14.6. The van der Waals surface area contributed by atoms with Gasteiger partial charge < -0.3 is 10.6 Å². The van der Waals surface area contributed by atoms with Crippen LogP contribution in [-0.4, -0.2) is 24.9 Å². The first-order valence-electron chi connectivity index (χ1n) is 7.44. The molecule has 2 rings (SSSR count). The molecule has 2 bridgehead atoms. The van der Waals surface area contributed by atoms with Crippen LogP contribution in [-0.2, 0) is 0 Å². The number of fused-ring (bicyclic) bond motifs is 2. The van der Waals surface area contributed by atoms with Crippen molar-refractivity contribution >= 4 is 11.8 Å². The third-order valence-corrected chi connectivity index (χ3v) is 3.56. The Bertz CT molecular complexity index is 432. The molecule has 4 nitrogen and oxygen atoms in total. The van der Waals surface area contributed by atoms with Crippen molar-refractivity contribution in [3.8, 4) is 0 Å². The number of rotatable bonds is 0. The Labute approximate surface area is 119 Å². The van der Waals surface area contributed by atoms with Gasteiger partial charge in [-0.3, -0.25) is 9.59 Å². The molecule has 0 saturated carbocycles. The van der Waals surface area contributed by atoms with Crippen LogP contribution in [0.3, 0.4) is 0 Å². The van der Waals surface area contributed by atoms with Gasteiger partial charge in [0.1, 0.15) is 0 Å². The summed E-state index contributed by atoms with van der Waals surface area (Å²) in [7, 11) is 0. The molecule has 0 fully saturated rings. The average Bonchev–Trinajstić information content (AvgIpc) is 2.48. The first-order valence-corrected chi connectivity index (χ1v) is 7.44. The lowest BCUT2D eigenvalue weighted by molar-refractivity contribution is 0.0951. The minimum Gasteiger partial charge on any atom is -0.352 e. The highest BCUT2D eigenvalue weighted by atomic mass is 16.2. The summed E-state index contributed by atoms with van der Waals surface area (Å²) in [6.07, 6.45) is 6.71. The number of carbonyl (C=O) groups excluding carboxylic acids is 2. The number of amides is 2. The lowest BCUT2D eigenvalue weighted by Gasteiger charge is -2.07. The van der Waals surface area contributed by atoms with Gasteiger partial charge in [0, 0.05) is 24.2 Å². The van der Waals surface area contributed by atoms with Gasteiger partial charge in [0.2, 0.25) is 0 Å². The first-order chi connectivity index (χ1) is 9.77. The van der Waals surface area contributed by atoms with E-state index in [2.05, 4.69) is 10.6 Å². The summed E-state index contributed by atoms with van der Waals surface area (Å²) in [5, 5.41) is 5.81. The summed E-state index contributed by atoms with van der Waals surface area (Å²) in [6.45, 7) is 1.41. The molecule has 0 unspecified atom stereocenters. The van der Waals surface area contributed by atoms with Gasteiger partial charge in [-0.2, -0.15) is 0 Å². The van der Waals surface area contributed by atoms with Gasteiger partial charge in [0.15, 0.2) is 0 Å². The number of hydrogen-bond donors (Lipinski definition) is 2. The summed E-state index contributed by atoms with van der Waals surface area (Å²) >= 11 is 0. The molecule has 2 amide bonds. The molecule has 4 heteroatoms. The molecular weight excluding hydrogens is 252 g/mol. The zero-order valence-corrected chi connectivity index (χ0v) is 11.8. The van der Waals surface area contributed by atoms with Gasteiger partial charge in [0.25, 0.3) is 11.8 Å². The minimum absolute atomic E-state index is 0.102. The van der Waals surface area contributed by atoms with E-state index in [1.807, 2.05) is 0 Å². The minimum atomic E-state index is -0.102. The Hall–Kier alpha value is -1.84. The molecule has 108 valence electrons. The number of benzene rings is 1. The van der Waals surface area contributed by atoms with Gasteiger partial charge >= 0.3 is 0 Å². The smallest absolute Gasteiger partial charge is 0.251 e. The fraction of sp³-hybridized carbons (Fsp3) is 0.500. The topological polar surface area (TPSA) is 58.2 Å². The lowest BCUT2D eigenvalue weighted by atomic mass is 10.1. The summed E-state index contributed by atoms with van der Waals surface area (Å²) in [6, 6.07) is 6.89. The maximum Gasteiger partial charge on any atom is 0.251 e. The van der Waals surface area contributed by atoms with Crippen LogP contribution in [0.25, 0.3) is 0 Å². The molecule has 0 aromatic heterocycles. The average molecular weight is 274 g/mol. The Morgan fingerprint density at radius 2 is 1.15 bits per heavy atom. The summed E-state index contributed by atoms with van der Waals surface area (Å²) in [5.74, 6) is -0.205. The van der Waals surface area contributed by atoms with Gasteiger partial charge in [-0.25, -0.2) is 0 Å². The molecule has 0 atom stereocenters. The van der Waals surface area contributed by atoms with Crippen molar-refractivity contribution in [3.63, 3.8) is 0 Å². The zero-order chi connectivity index (χ0) is 14.2. The van der Waals surface area contributed by atoms with Crippen LogP contribution in [0.1, 0.15) is 59.2 Å². The van der Waals surface area contributed by atoms with Gasteiger partial charge in [0.05, 0.1) is 0 Å². The molecule has 20 heavy (non-hydrogen) atoms. The molecule has 1 aliphatic rings. The van der Waals surface area contributed by atoms with Crippen LogP contribution in [0.4, 0.5) is 0 Å². The predicted octanol–water partition coefficient (Wildman–Crippen LogP) is 2.50. The van der Waals surface area contributed by atoms with E-state index < -0.39 is 0 Å². The molecule has 0 spiro atoms. The van der Waals surface area contributed by atoms with E-state index in [0.29, 0.717) is 24.2 Å². The molecule has 1 heterocycles. The van der Waals surface area contributed by atoms with Crippen LogP contribution >= 0.6 is 0 Å². The summed E-state index contributed by atoms with van der Waals surface area (Å²) in [4.78, 5) is 24.0. The van der Waals surface area contributed by atoms with Gasteiger partial charge in [-0.05, 0) is 31.0 Å². The quantitative estimate of drug-likeness (QED) is 0.763. The van der Waals surface area contributed by atoms with E-state index in [1.54, 1.807) is 24.3 Å². The molecule has 0 saturated heterocycles. The monoisotopic (exact) mass is 274 g/mol. The van der Waals surface area contributed by atoms with Crippen LogP contribution < -0.4 is 10.6 Å². The van der Waals surface area contributed by atoms with E-state index in [0.717, 1.165) is 25.7 Å². The molecule has 1 aromatic carbocycles. The predicted molar refractivity (Wildman–Crippen MR) is 78.8 cm³/mol. The molecule has 1 aliphatic heterocycles. The SMILES string of the molecule is O=C1NCCCCCCCCNC(=O)c2cccc1c2. The molecule has 0 radical (unpaired) electrons. The van der Waals surface area contributed by atoms with Gasteiger partial charge in [-0.1, -0.05) is 31.7 Å².